The minimum absolute atomic E-state index is 0. The summed E-state index contributed by atoms with van der Waals surface area (Å²) in [5.41, 5.74) is 7.22. The number of halogens is 2. The number of nitrogens with two attached hydrogens (primary N) is 1. The molecule has 1 saturated heterocycles. The van der Waals surface area contributed by atoms with Gasteiger partial charge in [0, 0.05) is 13.1 Å². The number of benzene rings is 2. The van der Waals surface area contributed by atoms with Gasteiger partial charge in [0.05, 0.1) is 16.8 Å². The van der Waals surface area contributed by atoms with Gasteiger partial charge in [-0.3, -0.25) is 9.59 Å². The van der Waals surface area contributed by atoms with Crippen LogP contribution in [0.3, 0.4) is 0 Å². The summed E-state index contributed by atoms with van der Waals surface area (Å²) >= 11 is 0. The zero-order valence-corrected chi connectivity index (χ0v) is 15.9. The summed E-state index contributed by atoms with van der Waals surface area (Å²) in [6.45, 7) is 3.62. The minimum atomic E-state index is -0.600. The predicted molar refractivity (Wildman–Crippen MR) is 106 cm³/mol. The van der Waals surface area contributed by atoms with Gasteiger partial charge in [-0.15, -0.1) is 12.4 Å². The Bertz CT molecular complexity index is 844. The summed E-state index contributed by atoms with van der Waals surface area (Å²) in [7, 11) is 0. The second kappa shape index (κ2) is 8.97. The third-order valence-corrected chi connectivity index (χ3v) is 4.77. The number of nitrogens with zero attached hydrogens (tertiary/aromatic N) is 1. The molecule has 1 aliphatic heterocycles. The van der Waals surface area contributed by atoms with Gasteiger partial charge in [-0.1, -0.05) is 24.3 Å². The molecule has 1 atom stereocenters. The number of rotatable bonds is 4. The summed E-state index contributed by atoms with van der Waals surface area (Å²) in [6, 6.07) is 11.0. The van der Waals surface area contributed by atoms with E-state index in [0.29, 0.717) is 36.8 Å². The molecule has 0 aromatic heterocycles. The summed E-state index contributed by atoms with van der Waals surface area (Å²) in [6.07, 6.45) is 0.880. The van der Waals surface area contributed by atoms with Gasteiger partial charge < -0.3 is 16.0 Å². The van der Waals surface area contributed by atoms with Crippen LogP contribution in [0.15, 0.2) is 42.5 Å². The highest BCUT2D eigenvalue weighted by molar-refractivity contribution is 6.09. The van der Waals surface area contributed by atoms with E-state index in [1.807, 2.05) is 0 Å². The summed E-state index contributed by atoms with van der Waals surface area (Å²) in [5.74, 6) is -1.02. The van der Waals surface area contributed by atoms with E-state index >= 15 is 0 Å². The molecule has 3 rings (SSSR count). The molecule has 1 heterocycles. The van der Waals surface area contributed by atoms with Crippen LogP contribution in [0, 0.1) is 18.7 Å². The van der Waals surface area contributed by atoms with E-state index in [1.165, 1.54) is 18.2 Å². The first kappa shape index (κ1) is 20.9. The molecule has 1 unspecified atom stereocenters. The van der Waals surface area contributed by atoms with Gasteiger partial charge in [-0.25, -0.2) is 4.39 Å². The van der Waals surface area contributed by atoms with Crippen LogP contribution in [0.25, 0.3) is 0 Å². The summed E-state index contributed by atoms with van der Waals surface area (Å²) < 4.78 is 13.9. The second-order valence-corrected chi connectivity index (χ2v) is 6.57. The van der Waals surface area contributed by atoms with Gasteiger partial charge in [-0.2, -0.15) is 0 Å². The standard InChI is InChI=1S/C20H22FN3O2.ClH/c1-13-5-4-7-16(20(26)24-10-9-14(11-22)12-24)18(13)23-19(25)15-6-2-3-8-17(15)21;/h2-8,14H,9-12,22H2,1H3,(H,23,25);1H. The Labute approximate surface area is 164 Å². The summed E-state index contributed by atoms with van der Waals surface area (Å²) in [5, 5.41) is 2.71. The molecule has 3 N–H and O–H groups in total. The van der Waals surface area contributed by atoms with E-state index in [9.17, 15) is 14.0 Å². The van der Waals surface area contributed by atoms with Crippen LogP contribution < -0.4 is 11.1 Å². The highest BCUT2D eigenvalue weighted by Crippen LogP contribution is 2.26. The van der Waals surface area contributed by atoms with E-state index in [0.717, 1.165) is 12.0 Å². The van der Waals surface area contributed by atoms with Crippen LogP contribution >= 0.6 is 12.4 Å². The number of amides is 2. The third-order valence-electron chi connectivity index (χ3n) is 4.77. The lowest BCUT2D eigenvalue weighted by Gasteiger charge is -2.20. The van der Waals surface area contributed by atoms with Crippen LogP contribution in [0.4, 0.5) is 10.1 Å². The largest absolute Gasteiger partial charge is 0.338 e. The van der Waals surface area contributed by atoms with Gasteiger partial charge in [0.25, 0.3) is 11.8 Å². The van der Waals surface area contributed by atoms with Gasteiger partial charge in [0.15, 0.2) is 0 Å². The molecule has 1 fully saturated rings. The van der Waals surface area contributed by atoms with Crippen LogP contribution in [-0.4, -0.2) is 36.3 Å². The molecule has 2 aromatic carbocycles. The number of para-hydroxylation sites is 1. The van der Waals surface area contributed by atoms with Crippen molar-refractivity contribution in [3.8, 4) is 0 Å². The quantitative estimate of drug-likeness (QED) is 0.840. The van der Waals surface area contributed by atoms with Gasteiger partial charge >= 0.3 is 0 Å². The van der Waals surface area contributed by atoms with Crippen molar-refractivity contribution in [2.24, 2.45) is 11.7 Å². The molecule has 5 nitrogen and oxygen atoms in total. The molecule has 7 heteroatoms. The molecule has 144 valence electrons. The first-order chi connectivity index (χ1) is 12.5. The number of hydrogen-bond acceptors (Lipinski definition) is 3. The van der Waals surface area contributed by atoms with E-state index in [1.54, 1.807) is 36.1 Å². The normalized spacial score (nSPS) is 16.0. The average molecular weight is 392 g/mol. The Balaban J connectivity index is 0.00000261. The maximum absolute atomic E-state index is 13.9. The van der Waals surface area contributed by atoms with Crippen LogP contribution in [-0.2, 0) is 0 Å². The van der Waals surface area contributed by atoms with Crippen LogP contribution in [0.2, 0.25) is 0 Å². The molecule has 0 spiro atoms. The fourth-order valence-electron chi connectivity index (χ4n) is 3.22. The molecule has 0 saturated carbocycles. The van der Waals surface area contributed by atoms with E-state index < -0.39 is 11.7 Å². The Morgan fingerprint density at radius 2 is 1.89 bits per heavy atom. The highest BCUT2D eigenvalue weighted by Gasteiger charge is 2.28. The summed E-state index contributed by atoms with van der Waals surface area (Å²) in [4.78, 5) is 27.2. The zero-order chi connectivity index (χ0) is 18.7. The molecule has 0 aliphatic carbocycles. The highest BCUT2D eigenvalue weighted by atomic mass is 35.5. The molecule has 27 heavy (non-hydrogen) atoms. The second-order valence-electron chi connectivity index (χ2n) is 6.57. The number of anilines is 1. The molecule has 0 bridgehead atoms. The molecule has 0 radical (unpaired) electrons. The van der Waals surface area contributed by atoms with E-state index in [-0.39, 0.29) is 23.9 Å². The number of carbonyl (C=O) groups is 2. The average Bonchev–Trinajstić information content (AvgIpc) is 3.12. The van der Waals surface area contributed by atoms with Crippen LogP contribution in [0.1, 0.15) is 32.7 Å². The van der Waals surface area contributed by atoms with Gasteiger partial charge in [0.2, 0.25) is 0 Å². The van der Waals surface area contributed by atoms with Gasteiger partial charge in [-0.05, 0) is 49.6 Å². The van der Waals surface area contributed by atoms with Crippen molar-refractivity contribution in [3.05, 3.63) is 65.0 Å². The monoisotopic (exact) mass is 391 g/mol. The van der Waals surface area contributed by atoms with Crippen molar-refractivity contribution in [1.29, 1.82) is 0 Å². The lowest BCUT2D eigenvalue weighted by Crippen LogP contribution is -2.31. The fraction of sp³-hybridized carbons (Fsp3) is 0.300. The van der Waals surface area contributed by atoms with E-state index in [2.05, 4.69) is 5.32 Å². The number of nitrogens with one attached hydrogen (secondary N) is 1. The third kappa shape index (κ3) is 4.46. The SMILES string of the molecule is Cc1cccc(C(=O)N2CCC(CN)C2)c1NC(=O)c1ccccc1F.Cl. The molecule has 2 amide bonds. The van der Waals surface area contributed by atoms with Crippen molar-refractivity contribution in [2.75, 3.05) is 25.0 Å². The number of carbonyl (C=O) groups excluding carboxylic acids is 2. The van der Waals surface area contributed by atoms with Crippen molar-refractivity contribution in [2.45, 2.75) is 13.3 Å². The Kier molecular flexibility index (Phi) is 6.93. The van der Waals surface area contributed by atoms with Crippen LogP contribution in [0.5, 0.6) is 0 Å². The number of likely N-dealkylation sites (tertiary alicyclic amines) is 1. The molecular weight excluding hydrogens is 369 g/mol. The Morgan fingerprint density at radius 1 is 1.19 bits per heavy atom. The lowest BCUT2D eigenvalue weighted by molar-refractivity contribution is 0.0788. The van der Waals surface area contributed by atoms with Crippen molar-refractivity contribution in [1.82, 2.24) is 4.90 Å². The van der Waals surface area contributed by atoms with Crippen molar-refractivity contribution < 1.29 is 14.0 Å². The smallest absolute Gasteiger partial charge is 0.258 e. The molecule has 2 aromatic rings. The van der Waals surface area contributed by atoms with Crippen molar-refractivity contribution in [3.63, 3.8) is 0 Å². The Morgan fingerprint density at radius 3 is 2.56 bits per heavy atom. The maximum Gasteiger partial charge on any atom is 0.258 e. The topological polar surface area (TPSA) is 75.4 Å². The first-order valence-electron chi connectivity index (χ1n) is 8.66. The zero-order valence-electron chi connectivity index (χ0n) is 15.1. The first-order valence-corrected chi connectivity index (χ1v) is 8.66. The number of hydrogen-bond donors (Lipinski definition) is 2. The number of aryl methyl sites for hydroxylation is 1. The lowest BCUT2D eigenvalue weighted by atomic mass is 10.1. The molecule has 1 aliphatic rings. The van der Waals surface area contributed by atoms with E-state index in [4.69, 9.17) is 5.73 Å². The minimum Gasteiger partial charge on any atom is -0.338 e. The van der Waals surface area contributed by atoms with Gasteiger partial charge in [0.1, 0.15) is 5.82 Å². The fourth-order valence-corrected chi connectivity index (χ4v) is 3.22. The maximum atomic E-state index is 13.9. The Hall–Kier alpha value is -2.44. The predicted octanol–water partition coefficient (Wildman–Crippen LogP) is 3.23. The molecular formula is C20H23ClFN3O2. The van der Waals surface area contributed by atoms with Crippen molar-refractivity contribution >= 4 is 29.9 Å².